The van der Waals surface area contributed by atoms with E-state index in [4.69, 9.17) is 4.84 Å². The summed E-state index contributed by atoms with van der Waals surface area (Å²) in [5.41, 5.74) is 3.66. The van der Waals surface area contributed by atoms with Gasteiger partial charge in [-0.15, -0.1) is 0 Å². The molecule has 4 rings (SSSR count). The van der Waals surface area contributed by atoms with E-state index in [-0.39, 0.29) is 5.91 Å². The summed E-state index contributed by atoms with van der Waals surface area (Å²) >= 11 is 0. The Balaban J connectivity index is 1.41. The standard InChI is InChI=1S/C24H41NO2/c1-23-15-5-4-7-17(23)10-12-19-20-13-11-18(8-6-9-22(26)25-27-3)24(20,2)16-14-21(19)23/h17-21H,4-16H2,1-3H3,(H,25,26). The molecular formula is C24H41NO2. The van der Waals surface area contributed by atoms with Crippen LogP contribution < -0.4 is 5.48 Å². The normalized spacial score (nSPS) is 46.3. The smallest absolute Gasteiger partial charge is 0.243 e. The van der Waals surface area contributed by atoms with Crippen LogP contribution in [0.3, 0.4) is 0 Å². The fourth-order valence-corrected chi connectivity index (χ4v) is 8.55. The Labute approximate surface area is 166 Å². The maximum atomic E-state index is 11.7. The number of nitrogens with one attached hydrogen (secondary N) is 1. The minimum absolute atomic E-state index is 0.0319. The number of carbonyl (C=O) groups is 1. The Morgan fingerprint density at radius 3 is 2.59 bits per heavy atom. The molecule has 7 atom stereocenters. The van der Waals surface area contributed by atoms with E-state index in [0.29, 0.717) is 17.3 Å². The van der Waals surface area contributed by atoms with Crippen molar-refractivity contribution in [2.45, 2.75) is 97.3 Å². The van der Waals surface area contributed by atoms with Crippen LogP contribution in [0.25, 0.3) is 0 Å². The number of carbonyl (C=O) groups excluding carboxylic acids is 1. The highest BCUT2D eigenvalue weighted by Crippen LogP contribution is 2.67. The fraction of sp³-hybridized carbons (Fsp3) is 0.958. The number of hydroxylamine groups is 1. The Morgan fingerprint density at radius 2 is 1.78 bits per heavy atom. The van der Waals surface area contributed by atoms with Crippen LogP contribution in [-0.2, 0) is 9.63 Å². The molecule has 4 aliphatic rings. The highest BCUT2D eigenvalue weighted by atomic mass is 16.6. The molecule has 3 nitrogen and oxygen atoms in total. The second kappa shape index (κ2) is 7.69. The van der Waals surface area contributed by atoms with Gasteiger partial charge in [0.15, 0.2) is 0 Å². The predicted molar refractivity (Wildman–Crippen MR) is 109 cm³/mol. The summed E-state index contributed by atoms with van der Waals surface area (Å²) in [4.78, 5) is 16.4. The minimum atomic E-state index is 0.0319. The third kappa shape index (κ3) is 3.36. The molecule has 0 spiro atoms. The maximum absolute atomic E-state index is 11.7. The molecule has 0 saturated heterocycles. The summed E-state index contributed by atoms with van der Waals surface area (Å²) in [5.74, 6) is 4.83. The van der Waals surface area contributed by atoms with Crippen molar-refractivity contribution in [2.24, 2.45) is 40.4 Å². The van der Waals surface area contributed by atoms with Gasteiger partial charge in [-0.1, -0.05) is 26.7 Å². The van der Waals surface area contributed by atoms with E-state index >= 15 is 0 Å². The molecule has 0 aromatic rings. The topological polar surface area (TPSA) is 38.3 Å². The van der Waals surface area contributed by atoms with Crippen molar-refractivity contribution < 1.29 is 9.63 Å². The van der Waals surface area contributed by atoms with E-state index in [0.717, 1.165) is 36.0 Å². The molecular weight excluding hydrogens is 334 g/mol. The van der Waals surface area contributed by atoms with Crippen molar-refractivity contribution in [2.75, 3.05) is 7.11 Å². The van der Waals surface area contributed by atoms with Crippen LogP contribution in [0.15, 0.2) is 0 Å². The largest absolute Gasteiger partial charge is 0.277 e. The maximum Gasteiger partial charge on any atom is 0.243 e. The molecule has 154 valence electrons. The average Bonchev–Trinajstić information content (AvgIpc) is 2.98. The third-order valence-electron chi connectivity index (χ3n) is 9.95. The van der Waals surface area contributed by atoms with Crippen LogP contribution in [0.4, 0.5) is 0 Å². The monoisotopic (exact) mass is 375 g/mol. The van der Waals surface area contributed by atoms with Crippen LogP contribution >= 0.6 is 0 Å². The van der Waals surface area contributed by atoms with E-state index in [1.807, 2.05) is 0 Å². The number of rotatable bonds is 5. The van der Waals surface area contributed by atoms with Crippen LogP contribution in [0.5, 0.6) is 0 Å². The second-order valence-electron chi connectivity index (χ2n) is 10.8. The lowest BCUT2D eigenvalue weighted by molar-refractivity contribution is -0.131. The highest BCUT2D eigenvalue weighted by molar-refractivity contribution is 5.74. The molecule has 0 aliphatic heterocycles. The molecule has 4 fully saturated rings. The SMILES string of the molecule is CONC(=O)CCCC1CCC2C3CCC4CCCCC4(C)C3CCC12C. The zero-order valence-electron chi connectivity index (χ0n) is 17.9. The average molecular weight is 376 g/mol. The molecule has 0 aromatic carbocycles. The summed E-state index contributed by atoms with van der Waals surface area (Å²) in [5, 5.41) is 0. The zero-order chi connectivity index (χ0) is 19.1. The van der Waals surface area contributed by atoms with Crippen LogP contribution in [0.1, 0.15) is 97.3 Å². The van der Waals surface area contributed by atoms with Gasteiger partial charge in [0.25, 0.3) is 0 Å². The summed E-state index contributed by atoms with van der Waals surface area (Å²) in [7, 11) is 1.51. The van der Waals surface area contributed by atoms with E-state index < -0.39 is 0 Å². The Bertz CT molecular complexity index is 548. The molecule has 27 heavy (non-hydrogen) atoms. The van der Waals surface area contributed by atoms with E-state index in [9.17, 15) is 4.79 Å². The first-order chi connectivity index (χ1) is 13.0. The van der Waals surface area contributed by atoms with Crippen LogP contribution in [-0.4, -0.2) is 13.0 Å². The minimum Gasteiger partial charge on any atom is -0.277 e. The molecule has 4 aliphatic carbocycles. The molecule has 0 bridgehead atoms. The Morgan fingerprint density at radius 1 is 0.963 bits per heavy atom. The molecule has 3 heteroatoms. The zero-order valence-corrected chi connectivity index (χ0v) is 17.9. The summed E-state index contributed by atoms with van der Waals surface area (Å²) < 4.78 is 0. The molecule has 0 aromatic heterocycles. The molecule has 0 heterocycles. The van der Waals surface area contributed by atoms with E-state index in [1.165, 1.54) is 77.7 Å². The van der Waals surface area contributed by atoms with Gasteiger partial charge >= 0.3 is 0 Å². The number of hydrogen-bond donors (Lipinski definition) is 1. The Hall–Kier alpha value is -0.570. The van der Waals surface area contributed by atoms with Gasteiger partial charge in [0.05, 0.1) is 7.11 Å². The second-order valence-corrected chi connectivity index (χ2v) is 10.8. The van der Waals surface area contributed by atoms with Crippen molar-refractivity contribution in [3.05, 3.63) is 0 Å². The van der Waals surface area contributed by atoms with Crippen molar-refractivity contribution in [3.8, 4) is 0 Å². The first kappa shape index (κ1) is 19.7. The van der Waals surface area contributed by atoms with Gasteiger partial charge in [-0.05, 0) is 105 Å². The predicted octanol–water partition coefficient (Wildman–Crippen LogP) is 5.88. The van der Waals surface area contributed by atoms with E-state index in [2.05, 4.69) is 19.3 Å². The third-order valence-corrected chi connectivity index (χ3v) is 9.95. The number of hydrogen-bond acceptors (Lipinski definition) is 2. The molecule has 4 saturated carbocycles. The van der Waals surface area contributed by atoms with Crippen molar-refractivity contribution in [1.29, 1.82) is 0 Å². The highest BCUT2D eigenvalue weighted by Gasteiger charge is 2.59. The fourth-order valence-electron chi connectivity index (χ4n) is 8.55. The summed E-state index contributed by atoms with van der Waals surface area (Å²) in [6.45, 7) is 5.30. The van der Waals surface area contributed by atoms with Crippen LogP contribution in [0, 0.1) is 40.4 Å². The molecule has 1 amide bonds. The van der Waals surface area contributed by atoms with Gasteiger partial charge in [-0.3, -0.25) is 9.63 Å². The van der Waals surface area contributed by atoms with E-state index in [1.54, 1.807) is 0 Å². The van der Waals surface area contributed by atoms with Crippen molar-refractivity contribution >= 4 is 5.91 Å². The molecule has 0 radical (unpaired) electrons. The number of fused-ring (bicyclic) bond motifs is 5. The lowest BCUT2D eigenvalue weighted by atomic mass is 9.45. The molecule has 7 unspecified atom stereocenters. The molecule has 1 N–H and O–H groups in total. The summed E-state index contributed by atoms with van der Waals surface area (Å²) in [6, 6.07) is 0. The van der Waals surface area contributed by atoms with Gasteiger partial charge in [0.2, 0.25) is 5.91 Å². The van der Waals surface area contributed by atoms with Gasteiger partial charge in [-0.25, -0.2) is 5.48 Å². The van der Waals surface area contributed by atoms with Gasteiger partial charge in [0.1, 0.15) is 0 Å². The Kier molecular flexibility index (Phi) is 5.62. The van der Waals surface area contributed by atoms with Crippen molar-refractivity contribution in [3.63, 3.8) is 0 Å². The first-order valence-electron chi connectivity index (χ1n) is 11.8. The first-order valence-corrected chi connectivity index (χ1v) is 11.8. The van der Waals surface area contributed by atoms with Crippen molar-refractivity contribution in [1.82, 2.24) is 5.48 Å². The summed E-state index contributed by atoms with van der Waals surface area (Å²) in [6.07, 6.45) is 17.6. The lowest BCUT2D eigenvalue weighted by Gasteiger charge is -2.60. The quantitative estimate of drug-likeness (QED) is 0.609. The number of amides is 1. The van der Waals surface area contributed by atoms with Gasteiger partial charge in [0, 0.05) is 6.42 Å². The lowest BCUT2D eigenvalue weighted by Crippen LogP contribution is -2.52. The van der Waals surface area contributed by atoms with Gasteiger partial charge < -0.3 is 0 Å². The van der Waals surface area contributed by atoms with Crippen LogP contribution in [0.2, 0.25) is 0 Å². The van der Waals surface area contributed by atoms with Gasteiger partial charge in [-0.2, -0.15) is 0 Å².